The van der Waals surface area contributed by atoms with Crippen LogP contribution in [-0.2, 0) is 4.74 Å². The number of nitrogens with zero attached hydrogens (tertiary/aromatic N) is 6. The van der Waals surface area contributed by atoms with Crippen molar-refractivity contribution < 1.29 is 4.74 Å². The van der Waals surface area contributed by atoms with Crippen molar-refractivity contribution in [3.8, 4) is 0 Å². The van der Waals surface area contributed by atoms with E-state index in [0.717, 1.165) is 12.4 Å². The summed E-state index contributed by atoms with van der Waals surface area (Å²) in [4.78, 5) is 2.13. The maximum absolute atomic E-state index is 5.73. The zero-order valence-corrected chi connectivity index (χ0v) is 9.23. The van der Waals surface area contributed by atoms with Crippen LogP contribution in [-0.4, -0.2) is 57.6 Å². The van der Waals surface area contributed by atoms with Crippen molar-refractivity contribution in [2.45, 2.75) is 6.04 Å². The minimum Gasteiger partial charge on any atom is -0.377 e. The van der Waals surface area contributed by atoms with E-state index in [2.05, 4.69) is 25.5 Å². The molecule has 1 aliphatic heterocycles. The van der Waals surface area contributed by atoms with Gasteiger partial charge in [0, 0.05) is 13.1 Å². The molecule has 3 heterocycles. The third-order valence-electron chi connectivity index (χ3n) is 2.85. The topological polar surface area (TPSA) is 94.5 Å². The van der Waals surface area contributed by atoms with Crippen molar-refractivity contribution in [1.29, 1.82) is 0 Å². The second-order valence-electron chi connectivity index (χ2n) is 3.88. The summed E-state index contributed by atoms with van der Waals surface area (Å²) in [5.41, 5.74) is 6.36. The maximum Gasteiger partial charge on any atom is 0.200 e. The zero-order chi connectivity index (χ0) is 11.7. The van der Waals surface area contributed by atoms with Crippen LogP contribution >= 0.6 is 0 Å². The summed E-state index contributed by atoms with van der Waals surface area (Å²) in [7, 11) is 0. The Labute approximate surface area is 97.3 Å². The molecule has 0 saturated carbocycles. The second-order valence-corrected chi connectivity index (χ2v) is 3.88. The highest BCUT2D eigenvalue weighted by Gasteiger charge is 2.23. The standard InChI is InChI=1S/C9H13N7O/c10-5-7-6-17-4-3-15(7)9-2-1-8-11-13-14-16(8)12-9/h1-2,7H,3-6,10H2. The molecular weight excluding hydrogens is 222 g/mol. The molecular formula is C9H13N7O. The summed E-state index contributed by atoms with van der Waals surface area (Å²) in [5, 5.41) is 15.5. The van der Waals surface area contributed by atoms with Gasteiger partial charge in [0.05, 0.1) is 19.3 Å². The summed E-state index contributed by atoms with van der Waals surface area (Å²) in [6.45, 7) is 2.63. The van der Waals surface area contributed by atoms with Gasteiger partial charge < -0.3 is 15.4 Å². The molecule has 0 amide bonds. The molecule has 2 aromatic rings. The molecule has 1 aliphatic rings. The van der Waals surface area contributed by atoms with Crippen LogP contribution < -0.4 is 10.6 Å². The van der Waals surface area contributed by atoms with Gasteiger partial charge in [0.25, 0.3) is 0 Å². The van der Waals surface area contributed by atoms with Gasteiger partial charge in [-0.15, -0.1) is 14.8 Å². The van der Waals surface area contributed by atoms with E-state index < -0.39 is 0 Å². The predicted molar refractivity (Wildman–Crippen MR) is 59.6 cm³/mol. The molecule has 0 spiro atoms. The first-order valence-corrected chi connectivity index (χ1v) is 5.48. The monoisotopic (exact) mass is 235 g/mol. The van der Waals surface area contributed by atoms with Crippen LogP contribution in [0.5, 0.6) is 0 Å². The van der Waals surface area contributed by atoms with Crippen molar-refractivity contribution >= 4 is 11.5 Å². The number of hydrogen-bond donors (Lipinski definition) is 1. The fourth-order valence-corrected chi connectivity index (χ4v) is 1.95. The Hall–Kier alpha value is -1.80. The minimum atomic E-state index is 0.158. The second kappa shape index (κ2) is 4.22. The van der Waals surface area contributed by atoms with Gasteiger partial charge in [0.2, 0.25) is 0 Å². The Morgan fingerprint density at radius 2 is 2.41 bits per heavy atom. The van der Waals surface area contributed by atoms with E-state index in [4.69, 9.17) is 10.5 Å². The molecule has 0 aliphatic carbocycles. The zero-order valence-electron chi connectivity index (χ0n) is 9.23. The van der Waals surface area contributed by atoms with E-state index in [9.17, 15) is 0 Å². The number of anilines is 1. The molecule has 8 heteroatoms. The molecule has 2 N–H and O–H groups in total. The number of hydrogen-bond acceptors (Lipinski definition) is 7. The number of ether oxygens (including phenoxy) is 1. The maximum atomic E-state index is 5.73. The lowest BCUT2D eigenvalue weighted by Crippen LogP contribution is -2.50. The van der Waals surface area contributed by atoms with Crippen molar-refractivity contribution in [2.75, 3.05) is 31.2 Å². The van der Waals surface area contributed by atoms with Crippen LogP contribution in [0.3, 0.4) is 0 Å². The number of aromatic nitrogens is 5. The van der Waals surface area contributed by atoms with Gasteiger partial charge >= 0.3 is 0 Å². The molecule has 0 aromatic carbocycles. The number of tetrazole rings is 1. The van der Waals surface area contributed by atoms with E-state index >= 15 is 0 Å². The lowest BCUT2D eigenvalue weighted by molar-refractivity contribution is 0.0957. The molecule has 1 saturated heterocycles. The predicted octanol–water partition coefficient (Wildman–Crippen LogP) is -1.32. The van der Waals surface area contributed by atoms with Crippen LogP contribution in [0, 0.1) is 0 Å². The van der Waals surface area contributed by atoms with E-state index in [1.807, 2.05) is 12.1 Å². The van der Waals surface area contributed by atoms with Gasteiger partial charge in [-0.05, 0) is 22.6 Å². The highest BCUT2D eigenvalue weighted by Crippen LogP contribution is 2.16. The van der Waals surface area contributed by atoms with Crippen LogP contribution in [0.15, 0.2) is 12.1 Å². The van der Waals surface area contributed by atoms with Gasteiger partial charge in [-0.3, -0.25) is 0 Å². The summed E-state index contributed by atoms with van der Waals surface area (Å²) < 4.78 is 6.82. The van der Waals surface area contributed by atoms with Crippen LogP contribution in [0.4, 0.5) is 5.82 Å². The highest BCUT2D eigenvalue weighted by molar-refractivity contribution is 5.45. The Balaban J connectivity index is 1.95. The Morgan fingerprint density at radius 3 is 3.29 bits per heavy atom. The molecule has 8 nitrogen and oxygen atoms in total. The molecule has 1 unspecified atom stereocenters. The average Bonchev–Trinajstić information content (AvgIpc) is 2.85. The van der Waals surface area contributed by atoms with Gasteiger partial charge in [-0.1, -0.05) is 0 Å². The summed E-state index contributed by atoms with van der Waals surface area (Å²) >= 11 is 0. The Bertz CT molecular complexity index is 513. The first kappa shape index (κ1) is 10.4. The minimum absolute atomic E-state index is 0.158. The normalized spacial score (nSPS) is 21.0. The third-order valence-corrected chi connectivity index (χ3v) is 2.85. The van der Waals surface area contributed by atoms with Gasteiger partial charge in [0.1, 0.15) is 0 Å². The molecule has 1 atom stereocenters. The molecule has 17 heavy (non-hydrogen) atoms. The van der Waals surface area contributed by atoms with Crippen LogP contribution in [0.25, 0.3) is 5.65 Å². The SMILES string of the molecule is NCC1COCCN1c1ccc2nnnn2n1. The fourth-order valence-electron chi connectivity index (χ4n) is 1.95. The molecule has 1 fully saturated rings. The smallest absolute Gasteiger partial charge is 0.200 e. The Kier molecular flexibility index (Phi) is 2.57. The van der Waals surface area contributed by atoms with Gasteiger partial charge in [-0.2, -0.15) is 0 Å². The Morgan fingerprint density at radius 1 is 1.47 bits per heavy atom. The molecule has 2 aromatic heterocycles. The van der Waals surface area contributed by atoms with Crippen LogP contribution in [0.2, 0.25) is 0 Å². The van der Waals surface area contributed by atoms with Crippen LogP contribution in [0.1, 0.15) is 0 Å². The van der Waals surface area contributed by atoms with Crippen molar-refractivity contribution in [3.63, 3.8) is 0 Å². The number of rotatable bonds is 2. The molecule has 90 valence electrons. The highest BCUT2D eigenvalue weighted by atomic mass is 16.5. The molecule has 3 rings (SSSR count). The first-order chi connectivity index (χ1) is 8.38. The lowest BCUT2D eigenvalue weighted by Gasteiger charge is -2.35. The quantitative estimate of drug-likeness (QED) is 0.690. The van der Waals surface area contributed by atoms with E-state index in [1.54, 1.807) is 0 Å². The van der Waals surface area contributed by atoms with E-state index in [1.165, 1.54) is 4.63 Å². The lowest BCUT2D eigenvalue weighted by atomic mass is 10.2. The number of nitrogens with two attached hydrogens (primary N) is 1. The van der Waals surface area contributed by atoms with E-state index in [-0.39, 0.29) is 6.04 Å². The van der Waals surface area contributed by atoms with Crippen molar-refractivity contribution in [3.05, 3.63) is 12.1 Å². The third kappa shape index (κ3) is 1.81. The van der Waals surface area contributed by atoms with E-state index in [0.29, 0.717) is 25.4 Å². The first-order valence-electron chi connectivity index (χ1n) is 5.48. The summed E-state index contributed by atoms with van der Waals surface area (Å²) in [6.07, 6.45) is 0. The molecule has 0 radical (unpaired) electrons. The molecule has 0 bridgehead atoms. The average molecular weight is 235 g/mol. The summed E-state index contributed by atoms with van der Waals surface area (Å²) in [6, 6.07) is 3.90. The number of fused-ring (bicyclic) bond motifs is 1. The van der Waals surface area contributed by atoms with Crippen molar-refractivity contribution in [1.82, 2.24) is 25.3 Å². The largest absolute Gasteiger partial charge is 0.377 e. The van der Waals surface area contributed by atoms with Crippen molar-refractivity contribution in [2.24, 2.45) is 5.73 Å². The van der Waals surface area contributed by atoms with Gasteiger partial charge in [-0.25, -0.2) is 0 Å². The summed E-state index contributed by atoms with van der Waals surface area (Å²) in [5.74, 6) is 0.823. The van der Waals surface area contributed by atoms with Gasteiger partial charge in [0.15, 0.2) is 11.5 Å². The fraction of sp³-hybridized carbons (Fsp3) is 0.556. The number of morpholine rings is 1.